The standard InChI is InChI=1S/C16H22O4S/c1-5-19-15(17)14(16(18)20-6-2)11(3)12-7-9-13(21-4)10-8-12/h7-11,14H,5-6H2,1-4H3. The van der Waals surface area contributed by atoms with Crippen LogP contribution in [0.4, 0.5) is 0 Å². The van der Waals surface area contributed by atoms with E-state index >= 15 is 0 Å². The number of hydrogen-bond donors (Lipinski definition) is 0. The topological polar surface area (TPSA) is 52.6 Å². The van der Waals surface area contributed by atoms with Crippen molar-refractivity contribution in [1.29, 1.82) is 0 Å². The van der Waals surface area contributed by atoms with E-state index in [-0.39, 0.29) is 19.1 Å². The molecule has 0 aliphatic heterocycles. The molecule has 0 amide bonds. The molecule has 1 aromatic carbocycles. The SMILES string of the molecule is CCOC(=O)C(C(=O)OCC)C(C)c1ccc(SC)cc1. The average molecular weight is 310 g/mol. The summed E-state index contributed by atoms with van der Waals surface area (Å²) in [6.45, 7) is 5.77. The molecule has 0 radical (unpaired) electrons. The zero-order chi connectivity index (χ0) is 15.8. The van der Waals surface area contributed by atoms with Crippen LogP contribution in [0.1, 0.15) is 32.3 Å². The fraction of sp³-hybridized carbons (Fsp3) is 0.500. The van der Waals surface area contributed by atoms with Gasteiger partial charge in [0.25, 0.3) is 0 Å². The van der Waals surface area contributed by atoms with Crippen molar-refractivity contribution in [3.05, 3.63) is 29.8 Å². The normalized spacial score (nSPS) is 12.0. The molecule has 0 bridgehead atoms. The van der Waals surface area contributed by atoms with Gasteiger partial charge in [-0.1, -0.05) is 19.1 Å². The molecule has 0 aliphatic rings. The smallest absolute Gasteiger partial charge is 0.320 e. The number of carbonyl (C=O) groups excluding carboxylic acids is 2. The molecule has 0 saturated heterocycles. The molecule has 1 aromatic rings. The summed E-state index contributed by atoms with van der Waals surface area (Å²) in [5.41, 5.74) is 0.916. The van der Waals surface area contributed by atoms with E-state index < -0.39 is 17.9 Å². The van der Waals surface area contributed by atoms with Crippen molar-refractivity contribution in [1.82, 2.24) is 0 Å². The molecule has 0 aliphatic carbocycles. The first-order chi connectivity index (χ1) is 10.0. The minimum atomic E-state index is -0.926. The number of ether oxygens (including phenoxy) is 2. The zero-order valence-corrected chi connectivity index (χ0v) is 13.7. The van der Waals surface area contributed by atoms with Crippen molar-refractivity contribution in [2.75, 3.05) is 19.5 Å². The van der Waals surface area contributed by atoms with Gasteiger partial charge < -0.3 is 9.47 Å². The summed E-state index contributed by atoms with van der Waals surface area (Å²) in [7, 11) is 0. The molecule has 1 atom stereocenters. The average Bonchev–Trinajstić information content (AvgIpc) is 2.48. The van der Waals surface area contributed by atoms with Crippen LogP contribution >= 0.6 is 11.8 Å². The third-order valence-corrected chi connectivity index (χ3v) is 3.97. The fourth-order valence-electron chi connectivity index (χ4n) is 2.07. The maximum atomic E-state index is 12.1. The maximum absolute atomic E-state index is 12.1. The van der Waals surface area contributed by atoms with Crippen LogP contribution < -0.4 is 0 Å². The van der Waals surface area contributed by atoms with Gasteiger partial charge in [0.05, 0.1) is 13.2 Å². The Morgan fingerprint density at radius 2 is 1.52 bits per heavy atom. The quantitative estimate of drug-likeness (QED) is 0.439. The lowest BCUT2D eigenvalue weighted by Gasteiger charge is -2.21. The summed E-state index contributed by atoms with van der Waals surface area (Å²) >= 11 is 1.64. The van der Waals surface area contributed by atoms with Gasteiger partial charge in [-0.3, -0.25) is 9.59 Å². The Bertz CT molecular complexity index is 452. The van der Waals surface area contributed by atoms with E-state index in [2.05, 4.69) is 0 Å². The third-order valence-electron chi connectivity index (χ3n) is 3.22. The van der Waals surface area contributed by atoms with E-state index in [0.717, 1.165) is 10.5 Å². The van der Waals surface area contributed by atoms with Gasteiger partial charge in [0.2, 0.25) is 0 Å². The number of rotatable bonds is 7. The number of thioether (sulfide) groups is 1. The van der Waals surface area contributed by atoms with Crippen LogP contribution in [0, 0.1) is 5.92 Å². The van der Waals surface area contributed by atoms with Crippen molar-refractivity contribution in [2.45, 2.75) is 31.6 Å². The maximum Gasteiger partial charge on any atom is 0.320 e. The lowest BCUT2D eigenvalue weighted by molar-refractivity contribution is -0.162. The van der Waals surface area contributed by atoms with Crippen LogP contribution in [-0.4, -0.2) is 31.4 Å². The van der Waals surface area contributed by atoms with Gasteiger partial charge in [-0.15, -0.1) is 11.8 Å². The first kappa shape index (κ1) is 17.6. The van der Waals surface area contributed by atoms with E-state index in [1.54, 1.807) is 25.6 Å². The lowest BCUT2D eigenvalue weighted by atomic mass is 9.87. The van der Waals surface area contributed by atoms with Crippen molar-refractivity contribution in [3.63, 3.8) is 0 Å². The van der Waals surface area contributed by atoms with Crippen molar-refractivity contribution >= 4 is 23.7 Å². The first-order valence-electron chi connectivity index (χ1n) is 7.02. The Kier molecular flexibility index (Phi) is 7.29. The molecule has 1 rings (SSSR count). The van der Waals surface area contributed by atoms with Gasteiger partial charge in [-0.05, 0) is 37.8 Å². The predicted octanol–water partition coefficient (Wildman–Crippen LogP) is 3.25. The van der Waals surface area contributed by atoms with Gasteiger partial charge in [-0.2, -0.15) is 0 Å². The number of hydrogen-bond acceptors (Lipinski definition) is 5. The molecule has 116 valence electrons. The van der Waals surface area contributed by atoms with E-state index in [9.17, 15) is 9.59 Å². The largest absolute Gasteiger partial charge is 0.465 e. The van der Waals surface area contributed by atoms with E-state index in [0.29, 0.717) is 0 Å². The minimum absolute atomic E-state index is 0.243. The van der Waals surface area contributed by atoms with Gasteiger partial charge in [0.15, 0.2) is 5.92 Å². The highest BCUT2D eigenvalue weighted by Gasteiger charge is 2.35. The molecule has 1 unspecified atom stereocenters. The summed E-state index contributed by atoms with van der Waals surface area (Å²) < 4.78 is 10.0. The summed E-state index contributed by atoms with van der Waals surface area (Å²) in [5, 5.41) is 0. The van der Waals surface area contributed by atoms with Gasteiger partial charge >= 0.3 is 11.9 Å². The molecular weight excluding hydrogens is 288 g/mol. The molecule has 0 heterocycles. The van der Waals surface area contributed by atoms with Crippen molar-refractivity contribution in [3.8, 4) is 0 Å². The predicted molar refractivity (Wildman–Crippen MR) is 83.4 cm³/mol. The molecule has 0 aromatic heterocycles. The Balaban J connectivity index is 2.99. The Morgan fingerprint density at radius 3 is 1.90 bits per heavy atom. The second-order valence-corrected chi connectivity index (χ2v) is 5.42. The Morgan fingerprint density at radius 1 is 1.05 bits per heavy atom. The first-order valence-corrected chi connectivity index (χ1v) is 8.24. The second kappa shape index (κ2) is 8.72. The molecule has 4 nitrogen and oxygen atoms in total. The van der Waals surface area contributed by atoms with Crippen LogP contribution in [0.3, 0.4) is 0 Å². The highest BCUT2D eigenvalue weighted by atomic mass is 32.2. The van der Waals surface area contributed by atoms with Gasteiger partial charge in [0.1, 0.15) is 0 Å². The van der Waals surface area contributed by atoms with Crippen LogP contribution in [0.2, 0.25) is 0 Å². The van der Waals surface area contributed by atoms with Crippen LogP contribution in [-0.2, 0) is 19.1 Å². The Hall–Kier alpha value is -1.49. The molecule has 0 fully saturated rings. The summed E-state index contributed by atoms with van der Waals surface area (Å²) in [6.07, 6.45) is 2.00. The summed E-state index contributed by atoms with van der Waals surface area (Å²) in [4.78, 5) is 25.3. The fourth-order valence-corrected chi connectivity index (χ4v) is 2.48. The van der Waals surface area contributed by atoms with Gasteiger partial charge in [-0.25, -0.2) is 0 Å². The van der Waals surface area contributed by atoms with E-state index in [1.807, 2.05) is 37.4 Å². The second-order valence-electron chi connectivity index (χ2n) is 4.54. The Labute approximate surface area is 130 Å². The molecule has 0 N–H and O–H groups in total. The zero-order valence-electron chi connectivity index (χ0n) is 12.9. The molecular formula is C16H22O4S. The minimum Gasteiger partial charge on any atom is -0.465 e. The number of benzene rings is 1. The molecule has 5 heteroatoms. The molecule has 0 saturated carbocycles. The van der Waals surface area contributed by atoms with Crippen LogP contribution in [0.25, 0.3) is 0 Å². The lowest BCUT2D eigenvalue weighted by Crippen LogP contribution is -2.32. The van der Waals surface area contributed by atoms with Crippen molar-refractivity contribution in [2.24, 2.45) is 5.92 Å². The monoisotopic (exact) mass is 310 g/mol. The molecule has 0 spiro atoms. The number of carbonyl (C=O) groups is 2. The molecule has 21 heavy (non-hydrogen) atoms. The third kappa shape index (κ3) is 4.77. The van der Waals surface area contributed by atoms with E-state index in [1.165, 1.54) is 0 Å². The van der Waals surface area contributed by atoms with Crippen LogP contribution in [0.15, 0.2) is 29.2 Å². The van der Waals surface area contributed by atoms with Crippen molar-refractivity contribution < 1.29 is 19.1 Å². The van der Waals surface area contributed by atoms with E-state index in [4.69, 9.17) is 9.47 Å². The number of esters is 2. The highest BCUT2D eigenvalue weighted by molar-refractivity contribution is 7.98. The highest BCUT2D eigenvalue weighted by Crippen LogP contribution is 2.28. The summed E-state index contributed by atoms with van der Waals surface area (Å²) in [6, 6.07) is 7.82. The van der Waals surface area contributed by atoms with Crippen LogP contribution in [0.5, 0.6) is 0 Å². The summed E-state index contributed by atoms with van der Waals surface area (Å²) in [5.74, 6) is -2.28. The van der Waals surface area contributed by atoms with Gasteiger partial charge in [0, 0.05) is 10.8 Å².